The van der Waals surface area contributed by atoms with Crippen LogP contribution in [0.1, 0.15) is 5.56 Å². The second kappa shape index (κ2) is 4.06. The minimum atomic E-state index is -3.89. The van der Waals surface area contributed by atoms with Gasteiger partial charge < -0.3 is 0 Å². The van der Waals surface area contributed by atoms with Gasteiger partial charge in [0.05, 0.1) is 16.5 Å². The topological polar surface area (TPSA) is 101 Å². The summed E-state index contributed by atoms with van der Waals surface area (Å²) in [7, 11) is -3.89. The Morgan fingerprint density at radius 3 is 2.27 bits per heavy atom. The number of hydrogen-bond donors (Lipinski definition) is 0. The van der Waals surface area contributed by atoms with Crippen molar-refractivity contribution in [1.82, 2.24) is 0 Å². The van der Waals surface area contributed by atoms with Gasteiger partial charge in [-0.2, -0.15) is 5.26 Å². The lowest BCUT2D eigenvalue weighted by molar-refractivity contribution is -0.458. The molecule has 0 amide bonds. The van der Waals surface area contributed by atoms with E-state index in [2.05, 4.69) is 0 Å². The molecule has 0 saturated heterocycles. The van der Waals surface area contributed by atoms with Crippen molar-refractivity contribution in [2.75, 3.05) is 5.88 Å². The normalized spacial score (nSPS) is 10.6. The number of rotatable bonds is 3. The number of hydrogen-bond acceptors (Lipinski definition) is 5. The van der Waals surface area contributed by atoms with Crippen molar-refractivity contribution >= 4 is 9.84 Å². The van der Waals surface area contributed by atoms with Gasteiger partial charge in [-0.25, -0.2) is 8.42 Å². The molecular weight excluding hydrogens is 220 g/mol. The van der Waals surface area contributed by atoms with Gasteiger partial charge in [0.25, 0.3) is 0 Å². The van der Waals surface area contributed by atoms with Crippen molar-refractivity contribution in [3.05, 3.63) is 39.9 Å². The van der Waals surface area contributed by atoms with Crippen molar-refractivity contribution in [2.24, 2.45) is 0 Å². The molecule has 1 aromatic rings. The third-order valence-electron chi connectivity index (χ3n) is 1.62. The fourth-order valence-corrected chi connectivity index (χ4v) is 1.93. The zero-order valence-corrected chi connectivity index (χ0v) is 8.27. The second-order valence-corrected chi connectivity index (χ2v) is 4.67. The van der Waals surface area contributed by atoms with Crippen molar-refractivity contribution in [1.29, 1.82) is 5.26 Å². The Bertz CT molecular complexity index is 513. The molecule has 1 rings (SSSR count). The molecule has 0 saturated carbocycles. The van der Waals surface area contributed by atoms with Crippen molar-refractivity contribution in [3.8, 4) is 6.07 Å². The maximum absolute atomic E-state index is 11.3. The van der Waals surface area contributed by atoms with E-state index in [0.29, 0.717) is 5.56 Å². The van der Waals surface area contributed by atoms with E-state index in [1.54, 1.807) is 0 Å². The molecule has 0 aliphatic carbocycles. The first-order chi connectivity index (χ1) is 6.95. The van der Waals surface area contributed by atoms with Gasteiger partial charge in [0.1, 0.15) is 0 Å². The van der Waals surface area contributed by atoms with E-state index in [1.807, 2.05) is 6.07 Å². The SMILES string of the molecule is N#Cc1ccc(S(=O)(=O)C[N+](=O)[O-])cc1. The van der Waals surface area contributed by atoms with Crippen LogP contribution in [0.25, 0.3) is 0 Å². The molecule has 0 bridgehead atoms. The Hall–Kier alpha value is -1.94. The van der Waals surface area contributed by atoms with E-state index < -0.39 is 20.6 Å². The van der Waals surface area contributed by atoms with Crippen molar-refractivity contribution in [3.63, 3.8) is 0 Å². The Morgan fingerprint density at radius 1 is 1.33 bits per heavy atom. The minimum absolute atomic E-state index is 0.154. The molecule has 78 valence electrons. The smallest absolute Gasteiger partial charge is 0.263 e. The van der Waals surface area contributed by atoms with Crippen LogP contribution >= 0.6 is 0 Å². The highest BCUT2D eigenvalue weighted by atomic mass is 32.2. The summed E-state index contributed by atoms with van der Waals surface area (Å²) in [6.07, 6.45) is 0. The van der Waals surface area contributed by atoms with Gasteiger partial charge in [0.2, 0.25) is 9.84 Å². The fraction of sp³-hybridized carbons (Fsp3) is 0.125. The van der Waals surface area contributed by atoms with Crippen LogP contribution in [0.3, 0.4) is 0 Å². The summed E-state index contributed by atoms with van der Waals surface area (Å²) < 4.78 is 22.6. The molecule has 0 atom stereocenters. The maximum Gasteiger partial charge on any atom is 0.305 e. The first kappa shape index (κ1) is 11.1. The predicted molar refractivity (Wildman–Crippen MR) is 50.2 cm³/mol. The molecule has 0 heterocycles. The van der Waals surface area contributed by atoms with E-state index in [-0.39, 0.29) is 4.90 Å². The van der Waals surface area contributed by atoms with E-state index in [9.17, 15) is 18.5 Å². The van der Waals surface area contributed by atoms with Gasteiger partial charge in [-0.15, -0.1) is 0 Å². The first-order valence-electron chi connectivity index (χ1n) is 3.80. The highest BCUT2D eigenvalue weighted by molar-refractivity contribution is 7.91. The Kier molecular flexibility index (Phi) is 3.01. The molecule has 0 aromatic heterocycles. The molecule has 0 radical (unpaired) electrons. The summed E-state index contributed by atoms with van der Waals surface area (Å²) in [5, 5.41) is 18.6. The zero-order valence-electron chi connectivity index (χ0n) is 7.45. The van der Waals surface area contributed by atoms with Crippen LogP contribution in [-0.4, -0.2) is 19.2 Å². The molecule has 15 heavy (non-hydrogen) atoms. The van der Waals surface area contributed by atoms with Gasteiger partial charge in [0.15, 0.2) is 0 Å². The van der Waals surface area contributed by atoms with Crippen molar-refractivity contribution in [2.45, 2.75) is 4.90 Å². The Morgan fingerprint density at radius 2 is 1.87 bits per heavy atom. The second-order valence-electron chi connectivity index (χ2n) is 2.71. The highest BCUT2D eigenvalue weighted by Gasteiger charge is 2.20. The number of nitriles is 1. The summed E-state index contributed by atoms with van der Waals surface area (Å²) in [5.41, 5.74) is 0.301. The molecular formula is C8H6N2O4S. The standard InChI is InChI=1S/C8H6N2O4S/c9-5-7-1-3-8(4-2-7)15(13,14)6-10(11)12/h1-4H,6H2. The average molecular weight is 226 g/mol. The fourth-order valence-electron chi connectivity index (χ4n) is 0.950. The molecule has 0 fully saturated rings. The quantitative estimate of drug-likeness (QED) is 0.553. The van der Waals surface area contributed by atoms with Crippen molar-refractivity contribution < 1.29 is 13.3 Å². The summed E-state index contributed by atoms with van der Waals surface area (Å²) in [6, 6.07) is 6.77. The number of benzene rings is 1. The third kappa shape index (κ3) is 2.75. The molecule has 0 unspecified atom stereocenters. The van der Waals surface area contributed by atoms with Crippen LogP contribution in [-0.2, 0) is 9.84 Å². The summed E-state index contributed by atoms with van der Waals surface area (Å²) in [6.45, 7) is 0. The Labute approximate surface area is 85.8 Å². The molecule has 0 spiro atoms. The maximum atomic E-state index is 11.3. The van der Waals surface area contributed by atoms with Crippen LogP contribution in [0.4, 0.5) is 0 Å². The van der Waals surface area contributed by atoms with Crippen LogP contribution in [0, 0.1) is 21.4 Å². The van der Waals surface area contributed by atoms with Gasteiger partial charge in [-0.3, -0.25) is 10.1 Å². The van der Waals surface area contributed by atoms with Gasteiger partial charge in [0, 0.05) is 4.92 Å². The summed E-state index contributed by atoms with van der Waals surface area (Å²) in [4.78, 5) is 9.02. The molecule has 6 nitrogen and oxygen atoms in total. The molecule has 7 heteroatoms. The third-order valence-corrected chi connectivity index (χ3v) is 3.16. The summed E-state index contributed by atoms with van der Waals surface area (Å²) >= 11 is 0. The first-order valence-corrected chi connectivity index (χ1v) is 5.45. The molecule has 1 aromatic carbocycles. The lowest BCUT2D eigenvalue weighted by atomic mass is 10.2. The van der Waals surface area contributed by atoms with Gasteiger partial charge in [-0.1, -0.05) is 0 Å². The largest absolute Gasteiger partial charge is 0.305 e. The molecule has 0 aliphatic heterocycles. The van der Waals surface area contributed by atoms with E-state index in [0.717, 1.165) is 0 Å². The zero-order chi connectivity index (χ0) is 11.5. The lowest BCUT2D eigenvalue weighted by Crippen LogP contribution is -2.14. The predicted octanol–water partition coefficient (Wildman–Crippen LogP) is 0.566. The average Bonchev–Trinajstić information content (AvgIpc) is 2.16. The minimum Gasteiger partial charge on any atom is -0.263 e. The van der Waals surface area contributed by atoms with Crippen LogP contribution in [0.15, 0.2) is 29.2 Å². The highest BCUT2D eigenvalue weighted by Crippen LogP contribution is 2.11. The summed E-state index contributed by atoms with van der Waals surface area (Å²) in [5.74, 6) is -1.14. The number of sulfone groups is 1. The van der Waals surface area contributed by atoms with E-state index in [1.165, 1.54) is 24.3 Å². The van der Waals surface area contributed by atoms with Crippen LogP contribution in [0.2, 0.25) is 0 Å². The van der Waals surface area contributed by atoms with E-state index in [4.69, 9.17) is 5.26 Å². The van der Waals surface area contributed by atoms with E-state index >= 15 is 0 Å². The monoisotopic (exact) mass is 226 g/mol. The number of nitrogens with zero attached hydrogens (tertiary/aromatic N) is 2. The van der Waals surface area contributed by atoms with Gasteiger partial charge >= 0.3 is 5.88 Å². The molecule has 0 aliphatic rings. The van der Waals surface area contributed by atoms with Crippen LogP contribution in [0.5, 0.6) is 0 Å². The molecule has 0 N–H and O–H groups in total. The van der Waals surface area contributed by atoms with Crippen LogP contribution < -0.4 is 0 Å². The Balaban J connectivity index is 3.07. The lowest BCUT2D eigenvalue weighted by Gasteiger charge is -1.98. The van der Waals surface area contributed by atoms with Gasteiger partial charge in [-0.05, 0) is 24.3 Å². The number of nitro groups is 1.